The van der Waals surface area contributed by atoms with Crippen LogP contribution in [0.25, 0.3) is 5.57 Å². The summed E-state index contributed by atoms with van der Waals surface area (Å²) in [5.41, 5.74) is 9.80. The second-order valence-electron chi connectivity index (χ2n) is 7.34. The number of nitrogens with zero attached hydrogens (tertiary/aromatic N) is 1. The Bertz CT molecular complexity index is 909. The maximum atomic E-state index is 5.08. The molecule has 0 aliphatic heterocycles. The van der Waals surface area contributed by atoms with Crippen molar-refractivity contribution in [1.29, 1.82) is 0 Å². The Balaban J connectivity index is 0.00000134. The van der Waals surface area contributed by atoms with Crippen molar-refractivity contribution in [1.82, 2.24) is 0 Å². The summed E-state index contributed by atoms with van der Waals surface area (Å²) < 4.78 is 0. The monoisotopic (exact) mass is 437 g/mol. The highest BCUT2D eigenvalue weighted by atomic mass is 35.5. The average molecular weight is 438 g/mol. The van der Waals surface area contributed by atoms with Crippen LogP contribution in [0.3, 0.4) is 0 Å². The van der Waals surface area contributed by atoms with Crippen molar-refractivity contribution >= 4 is 28.5 Å². The van der Waals surface area contributed by atoms with E-state index in [1.165, 1.54) is 39.3 Å². The number of benzene rings is 2. The van der Waals surface area contributed by atoms with Gasteiger partial charge in [-0.3, -0.25) is 0 Å². The summed E-state index contributed by atoms with van der Waals surface area (Å²) in [6.07, 6.45) is 4.10. The lowest BCUT2D eigenvalue weighted by molar-refractivity contribution is 1.08. The van der Waals surface area contributed by atoms with E-state index >= 15 is 0 Å². The van der Waals surface area contributed by atoms with Gasteiger partial charge < -0.3 is 4.90 Å². The van der Waals surface area contributed by atoms with Gasteiger partial charge in [-0.1, -0.05) is 80.6 Å². The lowest BCUT2D eigenvalue weighted by Crippen LogP contribution is -2.17. The summed E-state index contributed by atoms with van der Waals surface area (Å²) in [6.45, 7) is 26.2. The van der Waals surface area contributed by atoms with Crippen LogP contribution in [0.4, 0.5) is 11.4 Å². The summed E-state index contributed by atoms with van der Waals surface area (Å²) >= 11 is 5.08. The highest BCUT2D eigenvalue weighted by Gasteiger charge is 2.17. The fourth-order valence-electron chi connectivity index (χ4n) is 3.00. The minimum absolute atomic E-state index is 0.639. The van der Waals surface area contributed by atoms with Gasteiger partial charge >= 0.3 is 0 Å². The Morgan fingerprint density at radius 2 is 1.39 bits per heavy atom. The predicted octanol–water partition coefficient (Wildman–Crippen LogP) is 10.1. The molecule has 0 aromatic heterocycles. The van der Waals surface area contributed by atoms with Gasteiger partial charge in [0, 0.05) is 22.1 Å². The van der Waals surface area contributed by atoms with Crippen molar-refractivity contribution in [3.63, 3.8) is 0 Å². The molecule has 0 amide bonds. The third kappa shape index (κ3) is 8.63. The van der Waals surface area contributed by atoms with Crippen molar-refractivity contribution in [2.75, 3.05) is 4.90 Å². The largest absolute Gasteiger partial charge is 0.314 e. The zero-order chi connectivity index (χ0) is 24.1. The quantitative estimate of drug-likeness (QED) is 0.420. The normalized spacial score (nSPS) is 9.74. The van der Waals surface area contributed by atoms with Crippen molar-refractivity contribution in [2.45, 2.75) is 62.3 Å². The van der Waals surface area contributed by atoms with Crippen LogP contribution >= 0.6 is 11.6 Å². The molecule has 0 saturated heterocycles. The summed E-state index contributed by atoms with van der Waals surface area (Å²) in [6, 6.07) is 15.0. The van der Waals surface area contributed by atoms with E-state index in [9.17, 15) is 0 Å². The topological polar surface area (TPSA) is 3.24 Å². The van der Waals surface area contributed by atoms with E-state index in [2.05, 4.69) is 101 Å². The number of para-hydroxylation sites is 1. The molecule has 31 heavy (non-hydrogen) atoms. The van der Waals surface area contributed by atoms with Crippen LogP contribution in [0, 0.1) is 13.8 Å². The van der Waals surface area contributed by atoms with Gasteiger partial charge in [0.05, 0.1) is 0 Å². The number of halogens is 1. The minimum Gasteiger partial charge on any atom is -0.314 e. The summed E-state index contributed by atoms with van der Waals surface area (Å²) in [5, 5.41) is 0.639. The van der Waals surface area contributed by atoms with Crippen LogP contribution < -0.4 is 4.90 Å². The molecule has 2 rings (SSSR count). The number of hydrogen-bond donors (Lipinski definition) is 0. The van der Waals surface area contributed by atoms with Gasteiger partial charge in [-0.25, -0.2) is 0 Å². The first-order chi connectivity index (χ1) is 14.6. The minimum atomic E-state index is 0.639. The highest BCUT2D eigenvalue weighted by Crippen LogP contribution is 2.36. The van der Waals surface area contributed by atoms with Crippen molar-refractivity contribution in [3.05, 3.63) is 101 Å². The summed E-state index contributed by atoms with van der Waals surface area (Å²) in [4.78, 5) is 2.35. The van der Waals surface area contributed by atoms with Crippen LogP contribution in [-0.4, -0.2) is 0 Å². The number of rotatable bonds is 5. The Hall–Kier alpha value is -2.51. The molecule has 0 radical (unpaired) electrons. The van der Waals surface area contributed by atoms with E-state index < -0.39 is 0 Å². The van der Waals surface area contributed by atoms with E-state index in [-0.39, 0.29) is 0 Å². The molecule has 0 bridgehead atoms. The lowest BCUT2D eigenvalue weighted by Gasteiger charge is -2.30. The fourth-order valence-corrected chi connectivity index (χ4v) is 3.00. The second-order valence-corrected chi connectivity index (χ2v) is 7.99. The molecule has 2 heteroatoms. The Morgan fingerprint density at radius 1 is 0.871 bits per heavy atom. The zero-order valence-electron chi connectivity index (χ0n) is 20.9. The first-order valence-corrected chi connectivity index (χ1v) is 11.2. The molecular weight excluding hydrogens is 398 g/mol. The molecule has 0 spiro atoms. The number of hydrogen-bond acceptors (Lipinski definition) is 1. The van der Waals surface area contributed by atoms with Crippen LogP contribution in [-0.2, 0) is 0 Å². The molecule has 0 saturated carbocycles. The van der Waals surface area contributed by atoms with Crippen LogP contribution in [0.15, 0.2) is 84.1 Å². The highest BCUT2D eigenvalue weighted by molar-refractivity contribution is 6.28. The third-order valence-electron chi connectivity index (χ3n) is 4.79. The van der Waals surface area contributed by atoms with E-state index in [0.717, 1.165) is 5.57 Å². The molecule has 1 nitrogen and oxygen atoms in total. The third-order valence-corrected chi connectivity index (χ3v) is 4.79. The predicted molar refractivity (Wildman–Crippen MR) is 144 cm³/mol. The van der Waals surface area contributed by atoms with Gasteiger partial charge in [-0.05, 0) is 88.9 Å². The smallest absolute Gasteiger partial charge is 0.0490 e. The molecular formula is C29H40ClN. The first kappa shape index (κ1) is 28.5. The Labute approximate surface area is 196 Å². The van der Waals surface area contributed by atoms with Gasteiger partial charge in [0.25, 0.3) is 0 Å². The first-order valence-electron chi connectivity index (χ1n) is 10.8. The molecule has 0 fully saturated rings. The number of allylic oxidation sites excluding steroid dienone is 6. The Kier molecular flexibility index (Phi) is 13.3. The Morgan fingerprint density at radius 3 is 1.84 bits per heavy atom. The molecule has 0 unspecified atom stereocenters. The number of anilines is 2. The lowest BCUT2D eigenvalue weighted by atomic mass is 9.95. The molecule has 0 aliphatic carbocycles. The van der Waals surface area contributed by atoms with E-state index in [4.69, 9.17) is 11.6 Å². The molecule has 168 valence electrons. The van der Waals surface area contributed by atoms with E-state index in [0.29, 0.717) is 5.03 Å². The molecule has 0 N–H and O–H groups in total. The van der Waals surface area contributed by atoms with E-state index in [1.807, 2.05) is 26.8 Å². The fraction of sp³-hybridized carbons (Fsp3) is 0.310. The maximum absolute atomic E-state index is 5.08. The maximum Gasteiger partial charge on any atom is 0.0490 e. The molecule has 0 heterocycles. The van der Waals surface area contributed by atoms with Gasteiger partial charge in [0.15, 0.2) is 0 Å². The van der Waals surface area contributed by atoms with Crippen molar-refractivity contribution in [3.8, 4) is 0 Å². The molecule has 2 aromatic rings. The SMILES string of the molecule is C=C(/C=C\C)c1ccc(N(C(C)=C(C)C)c2ccccc2)c(C)c1C.C=C(C)Cl.CC. The van der Waals surface area contributed by atoms with Crippen LogP contribution in [0.1, 0.15) is 65.2 Å². The average Bonchev–Trinajstić information content (AvgIpc) is 2.73. The van der Waals surface area contributed by atoms with Gasteiger partial charge in [-0.15, -0.1) is 0 Å². The van der Waals surface area contributed by atoms with E-state index in [1.54, 1.807) is 6.92 Å². The van der Waals surface area contributed by atoms with Crippen molar-refractivity contribution < 1.29 is 0 Å². The van der Waals surface area contributed by atoms with Crippen LogP contribution in [0.5, 0.6) is 0 Å². The van der Waals surface area contributed by atoms with Gasteiger partial charge in [0.2, 0.25) is 0 Å². The zero-order valence-corrected chi connectivity index (χ0v) is 21.7. The van der Waals surface area contributed by atoms with Gasteiger partial charge in [-0.2, -0.15) is 0 Å². The standard InChI is InChI=1S/C24H29N.C3H5Cl.C2H6/c1-8-12-18(4)23-15-16-24(20(6)19(23)5)25(21(7)17(2)3)22-13-10-9-11-14-22;1-3(2)4;1-2/h8-16H,4H2,1-3,5-7H3;1H2,2H3;1-2H3/b12-8-;;. The summed E-state index contributed by atoms with van der Waals surface area (Å²) in [5.74, 6) is 0. The molecule has 2 aromatic carbocycles. The van der Waals surface area contributed by atoms with Crippen LogP contribution in [0.2, 0.25) is 0 Å². The van der Waals surface area contributed by atoms with Crippen molar-refractivity contribution in [2.24, 2.45) is 0 Å². The van der Waals surface area contributed by atoms with Gasteiger partial charge in [0.1, 0.15) is 0 Å². The molecule has 0 aliphatic rings. The summed E-state index contributed by atoms with van der Waals surface area (Å²) in [7, 11) is 0. The second kappa shape index (κ2) is 14.5. The molecule has 0 atom stereocenters.